The average Bonchev–Trinajstić information content (AvgIpc) is 2.65. The number of esters is 1. The molecule has 2 aromatic rings. The first-order chi connectivity index (χ1) is 11.6. The van der Waals surface area contributed by atoms with Crippen LogP contribution in [0.3, 0.4) is 0 Å². The van der Waals surface area contributed by atoms with E-state index < -0.39 is 10.8 Å². The number of benzene rings is 2. The van der Waals surface area contributed by atoms with Crippen molar-refractivity contribution < 1.29 is 9.53 Å². The van der Waals surface area contributed by atoms with E-state index in [-0.39, 0.29) is 0 Å². The molecule has 0 aromatic heterocycles. The number of alkyl halides is 1. The molecular formula is C20H24ClNO2. The molecule has 0 aliphatic rings. The molecule has 0 saturated carbocycles. The van der Waals surface area contributed by atoms with E-state index >= 15 is 0 Å². The van der Waals surface area contributed by atoms with Gasteiger partial charge in [0, 0.05) is 6.54 Å². The summed E-state index contributed by atoms with van der Waals surface area (Å²) in [6.45, 7) is 7.06. The molecule has 0 heterocycles. The quantitative estimate of drug-likeness (QED) is 0.534. The molecule has 0 N–H and O–H groups in total. The number of carbonyl (C=O) groups is 1. The Morgan fingerprint density at radius 2 is 1.42 bits per heavy atom. The Labute approximate surface area is 149 Å². The zero-order valence-corrected chi connectivity index (χ0v) is 15.0. The Kier molecular flexibility index (Phi) is 6.83. The van der Waals surface area contributed by atoms with Gasteiger partial charge >= 0.3 is 5.97 Å². The van der Waals surface area contributed by atoms with Crippen molar-refractivity contribution in [3.63, 3.8) is 0 Å². The first-order valence-corrected chi connectivity index (χ1v) is 8.70. The maximum Gasteiger partial charge on any atom is 0.336 e. The van der Waals surface area contributed by atoms with Crippen LogP contribution in [0, 0.1) is 0 Å². The van der Waals surface area contributed by atoms with Crippen LogP contribution in [0.4, 0.5) is 0 Å². The fourth-order valence-corrected chi connectivity index (χ4v) is 2.95. The minimum absolute atomic E-state index is 0.328. The molecule has 0 aliphatic heterocycles. The lowest BCUT2D eigenvalue weighted by Crippen LogP contribution is -2.35. The van der Waals surface area contributed by atoms with Crippen molar-refractivity contribution in [3.8, 4) is 0 Å². The second-order valence-electron chi connectivity index (χ2n) is 5.55. The number of halogens is 1. The van der Waals surface area contributed by atoms with Crippen LogP contribution in [0.5, 0.6) is 0 Å². The molecule has 0 atom stereocenters. The number of ether oxygens (including phenoxy) is 1. The van der Waals surface area contributed by atoms with Crippen molar-refractivity contribution in [2.45, 2.75) is 18.7 Å². The van der Waals surface area contributed by atoms with Crippen LogP contribution in [0.1, 0.15) is 25.0 Å². The summed E-state index contributed by atoms with van der Waals surface area (Å²) in [4.78, 5) is 13.7. The molecule has 24 heavy (non-hydrogen) atoms. The van der Waals surface area contributed by atoms with Crippen molar-refractivity contribution >= 4 is 17.6 Å². The van der Waals surface area contributed by atoms with Gasteiger partial charge in [-0.05, 0) is 24.2 Å². The highest BCUT2D eigenvalue weighted by Gasteiger charge is 2.41. The van der Waals surface area contributed by atoms with Gasteiger partial charge in [-0.3, -0.25) is 0 Å². The van der Waals surface area contributed by atoms with E-state index in [2.05, 4.69) is 18.7 Å². The van der Waals surface area contributed by atoms with Gasteiger partial charge in [0.1, 0.15) is 6.61 Å². The minimum atomic E-state index is -1.33. The molecule has 0 bridgehead atoms. The molecular weight excluding hydrogens is 322 g/mol. The normalized spacial score (nSPS) is 11.5. The molecule has 0 spiro atoms. The predicted octanol–water partition coefficient (Wildman–Crippen LogP) is 4.05. The Morgan fingerprint density at radius 1 is 0.958 bits per heavy atom. The van der Waals surface area contributed by atoms with Crippen molar-refractivity contribution in [1.82, 2.24) is 4.90 Å². The van der Waals surface area contributed by atoms with E-state index in [1.165, 1.54) is 0 Å². The molecule has 0 saturated heterocycles. The van der Waals surface area contributed by atoms with Crippen molar-refractivity contribution in [2.24, 2.45) is 0 Å². The van der Waals surface area contributed by atoms with Crippen LogP contribution in [0.25, 0.3) is 0 Å². The summed E-state index contributed by atoms with van der Waals surface area (Å²) in [6.07, 6.45) is 0. The monoisotopic (exact) mass is 345 g/mol. The molecule has 2 aromatic carbocycles. The largest absolute Gasteiger partial charge is 0.463 e. The SMILES string of the molecule is CCN(CC)CCOC(=O)C(Cl)(c1ccccc1)c1ccccc1. The number of carbonyl (C=O) groups excluding carboxylic acids is 1. The maximum atomic E-state index is 12.9. The number of hydrogen-bond donors (Lipinski definition) is 0. The van der Waals surface area contributed by atoms with E-state index in [4.69, 9.17) is 16.3 Å². The number of rotatable bonds is 8. The summed E-state index contributed by atoms with van der Waals surface area (Å²) < 4.78 is 5.54. The minimum Gasteiger partial charge on any atom is -0.463 e. The molecule has 128 valence electrons. The van der Waals surface area contributed by atoms with Crippen LogP contribution in [-0.2, 0) is 14.4 Å². The predicted molar refractivity (Wildman–Crippen MR) is 98.3 cm³/mol. The molecule has 3 nitrogen and oxygen atoms in total. The van der Waals surface area contributed by atoms with Gasteiger partial charge in [0.25, 0.3) is 0 Å². The third-order valence-corrected chi connectivity index (χ3v) is 4.75. The zero-order chi connectivity index (χ0) is 17.4. The highest BCUT2D eigenvalue weighted by Crippen LogP contribution is 2.37. The maximum absolute atomic E-state index is 12.9. The molecule has 2 rings (SSSR count). The number of nitrogens with zero attached hydrogens (tertiary/aromatic N) is 1. The first-order valence-electron chi connectivity index (χ1n) is 8.32. The highest BCUT2D eigenvalue weighted by atomic mass is 35.5. The van der Waals surface area contributed by atoms with E-state index in [1.54, 1.807) is 0 Å². The van der Waals surface area contributed by atoms with Crippen LogP contribution in [0.2, 0.25) is 0 Å². The Balaban J connectivity index is 2.22. The lowest BCUT2D eigenvalue weighted by molar-refractivity contribution is -0.146. The van der Waals surface area contributed by atoms with Crippen LogP contribution in [0.15, 0.2) is 60.7 Å². The summed E-state index contributed by atoms with van der Waals surface area (Å²) in [6, 6.07) is 18.7. The summed E-state index contributed by atoms with van der Waals surface area (Å²) >= 11 is 6.84. The Bertz CT molecular complexity index is 587. The average molecular weight is 346 g/mol. The fraction of sp³-hybridized carbons (Fsp3) is 0.350. The van der Waals surface area contributed by atoms with E-state index in [0.717, 1.165) is 13.1 Å². The molecule has 4 heteroatoms. The Hall–Kier alpha value is -1.84. The first kappa shape index (κ1) is 18.5. The summed E-state index contributed by atoms with van der Waals surface area (Å²) in [5, 5.41) is 0. The molecule has 0 amide bonds. The van der Waals surface area contributed by atoms with Crippen molar-refractivity contribution in [3.05, 3.63) is 71.8 Å². The van der Waals surface area contributed by atoms with Gasteiger partial charge in [-0.2, -0.15) is 0 Å². The van der Waals surface area contributed by atoms with Gasteiger partial charge in [0.15, 0.2) is 4.87 Å². The van der Waals surface area contributed by atoms with Crippen LogP contribution < -0.4 is 0 Å². The molecule has 0 unspecified atom stereocenters. The smallest absolute Gasteiger partial charge is 0.336 e. The molecule has 0 aliphatic carbocycles. The second kappa shape index (κ2) is 8.86. The van der Waals surface area contributed by atoms with Crippen LogP contribution >= 0.6 is 11.6 Å². The van der Waals surface area contributed by atoms with Gasteiger partial charge < -0.3 is 9.64 Å². The summed E-state index contributed by atoms with van der Waals surface area (Å²) in [5.41, 5.74) is 1.43. The summed E-state index contributed by atoms with van der Waals surface area (Å²) in [7, 11) is 0. The van der Waals surface area contributed by atoms with Gasteiger partial charge in [-0.1, -0.05) is 86.1 Å². The van der Waals surface area contributed by atoms with Crippen molar-refractivity contribution in [1.29, 1.82) is 0 Å². The topological polar surface area (TPSA) is 29.5 Å². The standard InChI is InChI=1S/C20H24ClNO2/c1-3-22(4-2)15-16-24-19(23)20(21,17-11-7-5-8-12-17)18-13-9-6-10-14-18/h5-14H,3-4,15-16H2,1-2H3. The number of likely N-dealkylation sites (N-methyl/N-ethyl adjacent to an activating group) is 1. The summed E-state index contributed by atoms with van der Waals surface area (Å²) in [5.74, 6) is -0.436. The lowest BCUT2D eigenvalue weighted by Gasteiger charge is -2.27. The fourth-order valence-electron chi connectivity index (χ4n) is 2.64. The van der Waals surface area contributed by atoms with Crippen molar-refractivity contribution in [2.75, 3.05) is 26.2 Å². The third kappa shape index (κ3) is 4.16. The van der Waals surface area contributed by atoms with Gasteiger partial charge in [-0.25, -0.2) is 4.79 Å². The molecule has 0 radical (unpaired) electrons. The van der Waals surface area contributed by atoms with E-state index in [9.17, 15) is 4.79 Å². The highest BCUT2D eigenvalue weighted by molar-refractivity contribution is 6.36. The van der Waals surface area contributed by atoms with Gasteiger partial charge in [0.2, 0.25) is 0 Å². The van der Waals surface area contributed by atoms with E-state index in [1.807, 2.05) is 60.7 Å². The third-order valence-electron chi connectivity index (χ3n) is 4.16. The number of hydrogen-bond acceptors (Lipinski definition) is 3. The van der Waals surface area contributed by atoms with Gasteiger partial charge in [-0.15, -0.1) is 0 Å². The lowest BCUT2D eigenvalue weighted by atomic mass is 9.90. The Morgan fingerprint density at radius 3 is 1.83 bits per heavy atom. The zero-order valence-electron chi connectivity index (χ0n) is 14.2. The van der Waals surface area contributed by atoms with E-state index in [0.29, 0.717) is 24.3 Å². The second-order valence-corrected chi connectivity index (χ2v) is 6.12. The molecule has 0 fully saturated rings. The van der Waals surface area contributed by atoms with Crippen LogP contribution in [-0.4, -0.2) is 37.1 Å². The van der Waals surface area contributed by atoms with Gasteiger partial charge in [0.05, 0.1) is 0 Å².